The summed E-state index contributed by atoms with van der Waals surface area (Å²) in [6, 6.07) is 0.589. The fraction of sp³-hybridized carbons (Fsp3) is 0.769. The molecule has 15 heavy (non-hydrogen) atoms. The molecule has 0 radical (unpaired) electrons. The Morgan fingerprint density at radius 3 is 2.80 bits per heavy atom. The van der Waals surface area contributed by atoms with E-state index in [-0.39, 0.29) is 5.78 Å². The zero-order valence-corrected chi connectivity index (χ0v) is 9.81. The third-order valence-corrected chi connectivity index (χ3v) is 3.57. The molecule has 0 saturated heterocycles. The highest BCUT2D eigenvalue weighted by molar-refractivity contribution is 5.92. The van der Waals surface area contributed by atoms with Crippen molar-refractivity contribution in [1.29, 1.82) is 0 Å². The van der Waals surface area contributed by atoms with Crippen LogP contribution >= 0.6 is 0 Å². The van der Waals surface area contributed by atoms with Crippen LogP contribution in [0, 0.1) is 5.41 Å². The lowest BCUT2D eigenvalue weighted by Gasteiger charge is -2.36. The molecule has 2 aliphatic rings. The van der Waals surface area contributed by atoms with Crippen molar-refractivity contribution >= 4 is 5.78 Å². The predicted molar refractivity (Wildman–Crippen MR) is 61.5 cm³/mol. The summed E-state index contributed by atoms with van der Waals surface area (Å²) in [5.74, 6) is 0.285. The fourth-order valence-electron chi connectivity index (χ4n) is 2.79. The topological polar surface area (TPSA) is 29.1 Å². The molecule has 1 saturated carbocycles. The average molecular weight is 207 g/mol. The first-order chi connectivity index (χ1) is 7.05. The van der Waals surface area contributed by atoms with Crippen LogP contribution < -0.4 is 5.32 Å². The van der Waals surface area contributed by atoms with Crippen LogP contribution in [0.15, 0.2) is 11.8 Å². The van der Waals surface area contributed by atoms with Crippen molar-refractivity contribution in [1.82, 2.24) is 5.32 Å². The van der Waals surface area contributed by atoms with E-state index in [9.17, 15) is 4.79 Å². The third-order valence-electron chi connectivity index (χ3n) is 3.57. The Kier molecular flexibility index (Phi) is 2.85. The molecule has 1 fully saturated rings. The molecule has 0 bridgehead atoms. The maximum absolute atomic E-state index is 11.1. The highest BCUT2D eigenvalue weighted by atomic mass is 16.1. The van der Waals surface area contributed by atoms with Crippen LogP contribution in [0.25, 0.3) is 0 Å². The summed E-state index contributed by atoms with van der Waals surface area (Å²) in [7, 11) is 0. The molecule has 0 aromatic carbocycles. The van der Waals surface area contributed by atoms with Gasteiger partial charge in [-0.3, -0.25) is 4.79 Å². The lowest BCUT2D eigenvalue weighted by Crippen LogP contribution is -2.36. The second kappa shape index (κ2) is 3.99. The highest BCUT2D eigenvalue weighted by Crippen LogP contribution is 2.35. The van der Waals surface area contributed by atoms with Gasteiger partial charge in [0.25, 0.3) is 0 Å². The van der Waals surface area contributed by atoms with E-state index < -0.39 is 0 Å². The van der Waals surface area contributed by atoms with Gasteiger partial charge in [0.05, 0.1) is 0 Å². The molecule has 2 nitrogen and oxygen atoms in total. The monoisotopic (exact) mass is 207 g/mol. The van der Waals surface area contributed by atoms with Crippen molar-refractivity contribution in [3.8, 4) is 0 Å². The zero-order chi connectivity index (χ0) is 10.9. The average Bonchev–Trinajstić information content (AvgIpc) is 2.49. The summed E-state index contributed by atoms with van der Waals surface area (Å²) in [6.07, 6.45) is 8.57. The van der Waals surface area contributed by atoms with E-state index in [0.29, 0.717) is 17.9 Å². The van der Waals surface area contributed by atoms with E-state index in [1.165, 1.54) is 31.4 Å². The largest absolute Gasteiger partial charge is 0.385 e. The van der Waals surface area contributed by atoms with Crippen molar-refractivity contribution in [2.45, 2.75) is 58.4 Å². The molecule has 0 aliphatic heterocycles. The lowest BCUT2D eigenvalue weighted by molar-refractivity contribution is -0.114. The molecule has 84 valence electrons. The molecule has 2 heteroatoms. The molecule has 1 atom stereocenters. The first kappa shape index (κ1) is 10.7. The molecule has 0 aromatic heterocycles. The summed E-state index contributed by atoms with van der Waals surface area (Å²) < 4.78 is 0. The molecule has 0 aromatic rings. The van der Waals surface area contributed by atoms with Crippen LogP contribution in [-0.4, -0.2) is 11.8 Å². The van der Waals surface area contributed by atoms with Gasteiger partial charge < -0.3 is 5.32 Å². The van der Waals surface area contributed by atoms with Gasteiger partial charge >= 0.3 is 0 Å². The minimum atomic E-state index is 0.285. The standard InChI is InChI=1S/C13H21NO/c1-13(2)7-3-4-11(9-13)14-10-5-6-12(15)8-10/h8,11,14H,3-7,9H2,1-2H3. The van der Waals surface area contributed by atoms with E-state index >= 15 is 0 Å². The Morgan fingerprint density at radius 1 is 1.40 bits per heavy atom. The molecule has 1 unspecified atom stereocenters. The van der Waals surface area contributed by atoms with Crippen LogP contribution in [0.2, 0.25) is 0 Å². The maximum Gasteiger partial charge on any atom is 0.157 e. The lowest BCUT2D eigenvalue weighted by atomic mass is 9.75. The van der Waals surface area contributed by atoms with Gasteiger partial charge in [0.15, 0.2) is 5.78 Å². The third kappa shape index (κ3) is 2.83. The second-order valence-corrected chi connectivity index (χ2v) is 5.74. The van der Waals surface area contributed by atoms with Gasteiger partial charge in [-0.2, -0.15) is 0 Å². The zero-order valence-electron chi connectivity index (χ0n) is 9.81. The fourth-order valence-corrected chi connectivity index (χ4v) is 2.79. The summed E-state index contributed by atoms with van der Waals surface area (Å²) in [5, 5.41) is 3.54. The highest BCUT2D eigenvalue weighted by Gasteiger charge is 2.28. The van der Waals surface area contributed by atoms with Gasteiger partial charge in [-0.1, -0.05) is 20.3 Å². The van der Waals surface area contributed by atoms with Gasteiger partial charge in [0.2, 0.25) is 0 Å². The Labute approximate surface area is 92.1 Å². The van der Waals surface area contributed by atoms with Crippen LogP contribution in [0.4, 0.5) is 0 Å². The molecule has 0 heterocycles. The Hall–Kier alpha value is -0.790. The van der Waals surface area contributed by atoms with Gasteiger partial charge in [0.1, 0.15) is 0 Å². The van der Waals surface area contributed by atoms with Crippen molar-refractivity contribution < 1.29 is 4.79 Å². The molecule has 0 spiro atoms. The summed E-state index contributed by atoms with van der Waals surface area (Å²) in [5.41, 5.74) is 1.64. The number of nitrogens with one attached hydrogen (secondary N) is 1. The normalized spacial score (nSPS) is 30.1. The number of rotatable bonds is 2. The van der Waals surface area contributed by atoms with E-state index in [1.807, 2.05) is 0 Å². The van der Waals surface area contributed by atoms with Gasteiger partial charge in [-0.15, -0.1) is 0 Å². The Balaban J connectivity index is 1.89. The minimum Gasteiger partial charge on any atom is -0.385 e. The first-order valence-electron chi connectivity index (χ1n) is 6.05. The second-order valence-electron chi connectivity index (χ2n) is 5.74. The van der Waals surface area contributed by atoms with Crippen molar-refractivity contribution in [3.05, 3.63) is 11.8 Å². The van der Waals surface area contributed by atoms with E-state index in [2.05, 4.69) is 19.2 Å². The van der Waals surface area contributed by atoms with Gasteiger partial charge in [0, 0.05) is 24.2 Å². The molecule has 2 rings (SSSR count). The number of hydrogen-bond acceptors (Lipinski definition) is 2. The maximum atomic E-state index is 11.1. The van der Waals surface area contributed by atoms with Gasteiger partial charge in [-0.05, 0) is 31.1 Å². The first-order valence-corrected chi connectivity index (χ1v) is 6.05. The van der Waals surface area contributed by atoms with Crippen LogP contribution in [0.1, 0.15) is 52.4 Å². The molecule has 0 amide bonds. The summed E-state index contributed by atoms with van der Waals surface area (Å²) >= 11 is 0. The summed E-state index contributed by atoms with van der Waals surface area (Å²) in [6.45, 7) is 4.68. The SMILES string of the molecule is CC1(C)CCCC(NC2=CC(=O)CC2)C1. The van der Waals surface area contributed by atoms with Crippen LogP contribution in [0.5, 0.6) is 0 Å². The van der Waals surface area contributed by atoms with Crippen LogP contribution in [-0.2, 0) is 4.79 Å². The van der Waals surface area contributed by atoms with Crippen molar-refractivity contribution in [2.24, 2.45) is 5.41 Å². The molecular weight excluding hydrogens is 186 g/mol. The summed E-state index contributed by atoms with van der Waals surface area (Å²) in [4.78, 5) is 11.1. The number of carbonyl (C=O) groups is 1. The van der Waals surface area contributed by atoms with Crippen molar-refractivity contribution in [3.63, 3.8) is 0 Å². The quantitative estimate of drug-likeness (QED) is 0.754. The molecular formula is C13H21NO. The van der Waals surface area contributed by atoms with E-state index in [0.717, 1.165) is 6.42 Å². The Morgan fingerprint density at radius 2 is 2.20 bits per heavy atom. The number of allylic oxidation sites excluding steroid dienone is 2. The Bertz CT molecular complexity index is 291. The van der Waals surface area contributed by atoms with Gasteiger partial charge in [-0.25, -0.2) is 0 Å². The molecule has 1 N–H and O–H groups in total. The predicted octanol–water partition coefficient (Wildman–Crippen LogP) is 2.79. The van der Waals surface area contributed by atoms with Crippen molar-refractivity contribution in [2.75, 3.05) is 0 Å². The van der Waals surface area contributed by atoms with E-state index in [1.54, 1.807) is 6.08 Å². The van der Waals surface area contributed by atoms with E-state index in [4.69, 9.17) is 0 Å². The number of ketones is 1. The van der Waals surface area contributed by atoms with Crippen LogP contribution in [0.3, 0.4) is 0 Å². The number of hydrogen-bond donors (Lipinski definition) is 1. The molecule has 2 aliphatic carbocycles. The smallest absolute Gasteiger partial charge is 0.157 e. The minimum absolute atomic E-state index is 0.285. The number of carbonyl (C=O) groups excluding carboxylic acids is 1.